The molecule has 3 rings (SSSR count). The van der Waals surface area contributed by atoms with Gasteiger partial charge in [-0.15, -0.1) is 11.3 Å². The Labute approximate surface area is 135 Å². The Balaban J connectivity index is 1.84. The topological polar surface area (TPSA) is 64.0 Å². The first kappa shape index (κ1) is 15.4. The summed E-state index contributed by atoms with van der Waals surface area (Å²) in [5.41, 5.74) is -0.182. The maximum absolute atomic E-state index is 13.5. The van der Waals surface area contributed by atoms with Crippen LogP contribution in [0.4, 0.5) is 10.1 Å². The van der Waals surface area contributed by atoms with E-state index in [0.717, 1.165) is 11.3 Å². The minimum atomic E-state index is -0.521. The molecular formula is C16H14FN3O2S. The monoisotopic (exact) mass is 331 g/mol. The Morgan fingerprint density at radius 2 is 2.17 bits per heavy atom. The van der Waals surface area contributed by atoms with Gasteiger partial charge in [0.05, 0.1) is 17.4 Å². The smallest absolute Gasteiger partial charge is 0.262 e. The van der Waals surface area contributed by atoms with Gasteiger partial charge in [-0.2, -0.15) is 0 Å². The molecule has 0 bridgehead atoms. The highest BCUT2D eigenvalue weighted by atomic mass is 32.1. The molecule has 23 heavy (non-hydrogen) atoms. The molecule has 2 aromatic heterocycles. The number of anilines is 1. The van der Waals surface area contributed by atoms with Crippen molar-refractivity contribution < 1.29 is 9.18 Å². The third kappa shape index (κ3) is 3.14. The van der Waals surface area contributed by atoms with Crippen molar-refractivity contribution in [3.05, 3.63) is 57.7 Å². The molecule has 0 aliphatic rings. The van der Waals surface area contributed by atoms with Crippen LogP contribution in [0.25, 0.3) is 10.2 Å². The molecule has 7 heteroatoms. The molecule has 1 N–H and O–H groups in total. The summed E-state index contributed by atoms with van der Waals surface area (Å²) in [6.07, 6.45) is 2.18. The third-order valence-electron chi connectivity index (χ3n) is 3.38. The second-order valence-electron chi connectivity index (χ2n) is 4.99. The number of fused-ring (bicyclic) bond motifs is 1. The molecule has 0 aliphatic carbocycles. The predicted octanol–water partition coefficient (Wildman–Crippen LogP) is 2.80. The maximum Gasteiger partial charge on any atom is 0.262 e. The van der Waals surface area contributed by atoms with Crippen molar-refractivity contribution in [3.8, 4) is 0 Å². The Morgan fingerprint density at radius 3 is 2.91 bits per heavy atom. The van der Waals surface area contributed by atoms with Crippen molar-refractivity contribution in [1.82, 2.24) is 9.55 Å². The number of nitrogens with zero attached hydrogens (tertiary/aromatic N) is 2. The highest BCUT2D eigenvalue weighted by Gasteiger charge is 2.12. The minimum Gasteiger partial charge on any atom is -0.322 e. The number of rotatable bonds is 4. The van der Waals surface area contributed by atoms with Gasteiger partial charge in [0.1, 0.15) is 17.2 Å². The van der Waals surface area contributed by atoms with Gasteiger partial charge in [0.15, 0.2) is 0 Å². The lowest BCUT2D eigenvalue weighted by Crippen LogP contribution is -2.27. The van der Waals surface area contributed by atoms with E-state index in [-0.39, 0.29) is 17.8 Å². The molecule has 0 radical (unpaired) electrons. The summed E-state index contributed by atoms with van der Waals surface area (Å²) >= 11 is 1.47. The Morgan fingerprint density at radius 1 is 1.39 bits per heavy atom. The standard InChI is InChI=1S/C16H14FN3O2S/c1-2-10-7-11-15(23-10)18-9-20(16(11)22)8-14(21)19-13-6-4-3-5-12(13)17/h3-7,9H,2,8H2,1H3,(H,19,21). The highest BCUT2D eigenvalue weighted by molar-refractivity contribution is 7.18. The molecule has 5 nitrogen and oxygen atoms in total. The zero-order chi connectivity index (χ0) is 16.4. The van der Waals surface area contributed by atoms with Gasteiger partial charge in [-0.3, -0.25) is 14.2 Å². The van der Waals surface area contributed by atoms with Crippen molar-refractivity contribution in [2.24, 2.45) is 0 Å². The fourth-order valence-corrected chi connectivity index (χ4v) is 3.13. The lowest BCUT2D eigenvalue weighted by atomic mass is 10.3. The summed E-state index contributed by atoms with van der Waals surface area (Å²) in [7, 11) is 0. The van der Waals surface area contributed by atoms with Crippen LogP contribution in [0.15, 0.2) is 41.5 Å². The van der Waals surface area contributed by atoms with Gasteiger partial charge < -0.3 is 5.32 Å². The first-order chi connectivity index (χ1) is 11.1. The largest absolute Gasteiger partial charge is 0.322 e. The number of para-hydroxylation sites is 1. The number of carbonyl (C=O) groups excluding carboxylic acids is 1. The van der Waals surface area contributed by atoms with E-state index in [1.807, 2.05) is 6.92 Å². The number of hydrogen-bond donors (Lipinski definition) is 1. The lowest BCUT2D eigenvalue weighted by Gasteiger charge is -2.07. The van der Waals surface area contributed by atoms with Gasteiger partial charge in [0.2, 0.25) is 5.91 Å². The van der Waals surface area contributed by atoms with Gasteiger partial charge >= 0.3 is 0 Å². The molecular weight excluding hydrogens is 317 g/mol. The first-order valence-corrected chi connectivity index (χ1v) is 7.92. The molecule has 2 heterocycles. The summed E-state index contributed by atoms with van der Waals surface area (Å²) in [5.74, 6) is -1.00. The summed E-state index contributed by atoms with van der Waals surface area (Å²) in [4.78, 5) is 30.4. The van der Waals surface area contributed by atoms with E-state index in [1.165, 1.54) is 40.4 Å². The minimum absolute atomic E-state index is 0.0865. The van der Waals surface area contributed by atoms with Crippen LogP contribution in [0, 0.1) is 5.82 Å². The van der Waals surface area contributed by atoms with Crippen molar-refractivity contribution in [2.45, 2.75) is 19.9 Å². The van der Waals surface area contributed by atoms with Crippen LogP contribution in [0.2, 0.25) is 0 Å². The maximum atomic E-state index is 13.5. The molecule has 0 unspecified atom stereocenters. The van der Waals surface area contributed by atoms with Crippen LogP contribution in [0.3, 0.4) is 0 Å². The number of thiophene rings is 1. The normalized spacial score (nSPS) is 10.9. The molecule has 0 aliphatic heterocycles. The molecule has 118 valence electrons. The lowest BCUT2D eigenvalue weighted by molar-refractivity contribution is -0.116. The molecule has 0 saturated heterocycles. The highest BCUT2D eigenvalue weighted by Crippen LogP contribution is 2.21. The second-order valence-corrected chi connectivity index (χ2v) is 6.11. The van der Waals surface area contributed by atoms with E-state index < -0.39 is 11.7 Å². The summed E-state index contributed by atoms with van der Waals surface area (Å²) in [5, 5.41) is 2.96. The zero-order valence-corrected chi connectivity index (χ0v) is 13.2. The van der Waals surface area contributed by atoms with Crippen molar-refractivity contribution in [2.75, 3.05) is 5.32 Å². The summed E-state index contributed by atoms with van der Waals surface area (Å²) < 4.78 is 14.8. The van der Waals surface area contributed by atoms with Crippen LogP contribution in [0.5, 0.6) is 0 Å². The molecule has 0 fully saturated rings. The zero-order valence-electron chi connectivity index (χ0n) is 12.4. The Kier molecular flexibility index (Phi) is 4.20. The van der Waals surface area contributed by atoms with Gasteiger partial charge in [-0.1, -0.05) is 19.1 Å². The summed E-state index contributed by atoms with van der Waals surface area (Å²) in [6, 6.07) is 7.68. The summed E-state index contributed by atoms with van der Waals surface area (Å²) in [6.45, 7) is 1.79. The molecule has 1 amide bonds. The van der Waals surface area contributed by atoms with E-state index in [0.29, 0.717) is 10.2 Å². The second kappa shape index (κ2) is 6.29. The number of halogens is 1. The molecule has 0 atom stereocenters. The van der Waals surface area contributed by atoms with E-state index in [2.05, 4.69) is 10.3 Å². The van der Waals surface area contributed by atoms with Crippen molar-refractivity contribution >= 4 is 33.1 Å². The molecule has 1 aromatic carbocycles. The van der Waals surface area contributed by atoms with E-state index in [1.54, 1.807) is 12.1 Å². The molecule has 0 saturated carbocycles. The average Bonchev–Trinajstić information content (AvgIpc) is 2.96. The number of nitrogens with one attached hydrogen (secondary N) is 1. The van der Waals surface area contributed by atoms with Crippen LogP contribution in [-0.2, 0) is 17.8 Å². The number of carbonyl (C=O) groups is 1. The number of aryl methyl sites for hydroxylation is 1. The van der Waals surface area contributed by atoms with Crippen LogP contribution in [-0.4, -0.2) is 15.5 Å². The van der Waals surface area contributed by atoms with Crippen molar-refractivity contribution in [1.29, 1.82) is 0 Å². The number of amides is 1. The number of benzene rings is 1. The van der Waals surface area contributed by atoms with Crippen molar-refractivity contribution in [3.63, 3.8) is 0 Å². The van der Waals surface area contributed by atoms with Crippen LogP contribution >= 0.6 is 11.3 Å². The SMILES string of the molecule is CCc1cc2c(=O)n(CC(=O)Nc3ccccc3F)cnc2s1. The number of hydrogen-bond acceptors (Lipinski definition) is 4. The Bertz CT molecular complexity index is 932. The average molecular weight is 331 g/mol. The molecule has 3 aromatic rings. The fraction of sp³-hybridized carbons (Fsp3) is 0.188. The number of aromatic nitrogens is 2. The van der Waals surface area contributed by atoms with Crippen LogP contribution in [0.1, 0.15) is 11.8 Å². The fourth-order valence-electron chi connectivity index (χ4n) is 2.20. The van der Waals surface area contributed by atoms with E-state index in [9.17, 15) is 14.0 Å². The quantitative estimate of drug-likeness (QED) is 0.799. The van der Waals surface area contributed by atoms with Crippen LogP contribution < -0.4 is 10.9 Å². The van der Waals surface area contributed by atoms with Gasteiger partial charge in [-0.05, 0) is 24.6 Å². The van der Waals surface area contributed by atoms with E-state index >= 15 is 0 Å². The van der Waals surface area contributed by atoms with E-state index in [4.69, 9.17) is 0 Å². The Hall–Kier alpha value is -2.54. The van der Waals surface area contributed by atoms with Gasteiger partial charge in [0, 0.05) is 4.88 Å². The van der Waals surface area contributed by atoms with Gasteiger partial charge in [0.25, 0.3) is 5.56 Å². The van der Waals surface area contributed by atoms with Gasteiger partial charge in [-0.25, -0.2) is 9.37 Å². The third-order valence-corrected chi connectivity index (χ3v) is 4.57. The first-order valence-electron chi connectivity index (χ1n) is 7.10. The molecule has 0 spiro atoms. The predicted molar refractivity (Wildman–Crippen MR) is 88.3 cm³/mol.